The number of aromatic amines is 1. The molecule has 6 rings (SSSR count). The summed E-state index contributed by atoms with van der Waals surface area (Å²) in [4.78, 5) is 34.3. The van der Waals surface area contributed by atoms with Crippen LogP contribution >= 0.6 is 0 Å². The third-order valence-corrected chi connectivity index (χ3v) is 7.73. The summed E-state index contributed by atoms with van der Waals surface area (Å²) in [5.74, 6) is -0.0443. The summed E-state index contributed by atoms with van der Waals surface area (Å²) in [5.41, 5.74) is 6.54. The molecule has 9 heteroatoms. The summed E-state index contributed by atoms with van der Waals surface area (Å²) >= 11 is 0. The monoisotopic (exact) mass is 525 g/mol. The Balaban J connectivity index is 1.07. The normalized spacial score (nSPS) is 20.1. The van der Waals surface area contributed by atoms with Crippen LogP contribution in [0.15, 0.2) is 55.0 Å². The lowest BCUT2D eigenvalue weighted by atomic mass is 10.0. The maximum Gasteiger partial charge on any atom is 0.310 e. The number of H-pyrrole nitrogens is 1. The SMILES string of the molecule is Cc1cccc(-c2[nH]cnc2-c2ccc3ncc(NCCN4CC[C@@H](C(=O)O[C@@H]5CCN(C)C5)C4)cc3c2)n1. The lowest BCUT2D eigenvalue weighted by Crippen LogP contribution is -2.30. The van der Waals surface area contributed by atoms with Crippen LogP contribution < -0.4 is 5.32 Å². The van der Waals surface area contributed by atoms with Gasteiger partial charge in [-0.2, -0.15) is 0 Å². The Bertz CT molecular complexity index is 1470. The Hall–Kier alpha value is -3.82. The fourth-order valence-corrected chi connectivity index (χ4v) is 5.60. The number of esters is 1. The van der Waals surface area contributed by atoms with Crippen LogP contribution in [0.3, 0.4) is 0 Å². The minimum Gasteiger partial charge on any atom is -0.461 e. The van der Waals surface area contributed by atoms with Crippen LogP contribution in [-0.4, -0.2) is 88.1 Å². The number of rotatable bonds is 8. The fraction of sp³-hybridized carbons (Fsp3) is 0.400. The molecule has 1 aromatic carbocycles. The summed E-state index contributed by atoms with van der Waals surface area (Å²) in [6.45, 7) is 7.18. The van der Waals surface area contributed by atoms with Gasteiger partial charge in [0.15, 0.2) is 0 Å². The number of fused-ring (bicyclic) bond motifs is 1. The molecule has 2 aliphatic heterocycles. The van der Waals surface area contributed by atoms with Crippen LogP contribution in [0, 0.1) is 12.8 Å². The lowest BCUT2D eigenvalue weighted by Gasteiger charge is -2.18. The smallest absolute Gasteiger partial charge is 0.310 e. The number of nitrogens with zero attached hydrogens (tertiary/aromatic N) is 5. The first-order chi connectivity index (χ1) is 19.0. The molecule has 39 heavy (non-hydrogen) atoms. The predicted octanol–water partition coefficient (Wildman–Crippen LogP) is 3.98. The summed E-state index contributed by atoms with van der Waals surface area (Å²) in [5, 5.41) is 4.56. The number of aromatic nitrogens is 4. The van der Waals surface area contributed by atoms with Crippen molar-refractivity contribution in [2.75, 3.05) is 51.6 Å². The van der Waals surface area contributed by atoms with Crippen LogP contribution in [0.1, 0.15) is 18.5 Å². The van der Waals surface area contributed by atoms with Crippen molar-refractivity contribution in [3.05, 3.63) is 60.7 Å². The van der Waals surface area contributed by atoms with Gasteiger partial charge in [0.2, 0.25) is 0 Å². The first kappa shape index (κ1) is 25.5. The van der Waals surface area contributed by atoms with Crippen LogP contribution in [0.2, 0.25) is 0 Å². The molecule has 2 atom stereocenters. The van der Waals surface area contributed by atoms with E-state index in [0.717, 1.165) is 97.0 Å². The number of benzene rings is 1. The summed E-state index contributed by atoms with van der Waals surface area (Å²) in [6.07, 6.45) is 5.45. The molecule has 0 unspecified atom stereocenters. The van der Waals surface area contributed by atoms with Crippen molar-refractivity contribution < 1.29 is 9.53 Å². The number of likely N-dealkylation sites (N-methyl/N-ethyl adjacent to an activating group) is 1. The second kappa shape index (κ2) is 11.1. The highest BCUT2D eigenvalue weighted by atomic mass is 16.5. The van der Waals surface area contributed by atoms with E-state index in [2.05, 4.69) is 60.3 Å². The molecule has 2 N–H and O–H groups in total. The van der Waals surface area contributed by atoms with Crippen LogP contribution in [-0.2, 0) is 9.53 Å². The number of ether oxygens (including phenoxy) is 1. The maximum absolute atomic E-state index is 12.6. The third kappa shape index (κ3) is 5.79. The van der Waals surface area contributed by atoms with Gasteiger partial charge in [-0.1, -0.05) is 12.1 Å². The quantitative estimate of drug-likeness (QED) is 0.334. The number of anilines is 1. The number of nitrogens with one attached hydrogen (secondary N) is 2. The molecule has 2 fully saturated rings. The molecule has 0 spiro atoms. The summed E-state index contributed by atoms with van der Waals surface area (Å²) in [6, 6.07) is 14.3. The Labute approximate surface area is 228 Å². The molecule has 0 bridgehead atoms. The van der Waals surface area contributed by atoms with Crippen molar-refractivity contribution in [2.24, 2.45) is 5.92 Å². The standard InChI is InChI=1S/C30H35N7O2/c1-20-4-3-5-27(35-20)29-28(33-19-34-29)21-6-7-26-23(14-21)15-24(16-32-26)31-10-13-37-12-8-22(17-37)30(38)39-25-9-11-36(2)18-25/h3-7,14-16,19,22,25,31H,8-13,17-18H2,1-2H3,(H,33,34)/t22-,25-/m1/s1. The number of likely N-dealkylation sites (tertiary alicyclic amines) is 2. The molecule has 0 saturated carbocycles. The number of aryl methyl sites for hydroxylation is 1. The molecule has 0 aliphatic carbocycles. The molecule has 3 aromatic heterocycles. The van der Waals surface area contributed by atoms with E-state index in [1.165, 1.54) is 0 Å². The maximum atomic E-state index is 12.6. The van der Waals surface area contributed by atoms with Gasteiger partial charge in [0.1, 0.15) is 6.10 Å². The Morgan fingerprint density at radius 2 is 2.05 bits per heavy atom. The molecule has 9 nitrogen and oxygen atoms in total. The number of pyridine rings is 2. The molecular formula is C30H35N7O2. The van der Waals surface area contributed by atoms with Gasteiger partial charge in [0.25, 0.3) is 0 Å². The molecule has 4 aromatic rings. The number of hydrogen-bond acceptors (Lipinski definition) is 8. The van der Waals surface area contributed by atoms with Crippen LogP contribution in [0.25, 0.3) is 33.5 Å². The average Bonchev–Trinajstić information content (AvgIpc) is 3.70. The minimum atomic E-state index is -0.0291. The number of imidazole rings is 1. The van der Waals surface area contributed by atoms with Crippen molar-refractivity contribution in [1.82, 2.24) is 29.7 Å². The van der Waals surface area contributed by atoms with E-state index in [-0.39, 0.29) is 18.0 Å². The van der Waals surface area contributed by atoms with E-state index in [9.17, 15) is 4.79 Å². The average molecular weight is 526 g/mol. The Morgan fingerprint density at radius 1 is 1.13 bits per heavy atom. The summed E-state index contributed by atoms with van der Waals surface area (Å²) in [7, 11) is 2.07. The van der Waals surface area contributed by atoms with E-state index < -0.39 is 0 Å². The van der Waals surface area contributed by atoms with Gasteiger partial charge in [-0.05, 0) is 63.7 Å². The van der Waals surface area contributed by atoms with E-state index >= 15 is 0 Å². The van der Waals surface area contributed by atoms with Gasteiger partial charge in [0, 0.05) is 49.4 Å². The summed E-state index contributed by atoms with van der Waals surface area (Å²) < 4.78 is 5.76. The largest absolute Gasteiger partial charge is 0.461 e. The second-order valence-corrected chi connectivity index (χ2v) is 10.7. The highest BCUT2D eigenvalue weighted by Gasteiger charge is 2.32. The number of carbonyl (C=O) groups excluding carboxylic acids is 1. The third-order valence-electron chi connectivity index (χ3n) is 7.73. The van der Waals surface area contributed by atoms with Crippen LogP contribution in [0.4, 0.5) is 5.69 Å². The molecule has 202 valence electrons. The highest BCUT2D eigenvalue weighted by Crippen LogP contribution is 2.30. The fourth-order valence-electron chi connectivity index (χ4n) is 5.60. The minimum absolute atomic E-state index is 0.0152. The van der Waals surface area contributed by atoms with Gasteiger partial charge in [-0.25, -0.2) is 4.98 Å². The van der Waals surface area contributed by atoms with Crippen molar-refractivity contribution in [3.8, 4) is 22.6 Å². The van der Waals surface area contributed by atoms with Gasteiger partial charge >= 0.3 is 5.97 Å². The molecule has 2 aliphatic rings. The lowest BCUT2D eigenvalue weighted by molar-refractivity contribution is -0.152. The zero-order valence-electron chi connectivity index (χ0n) is 22.6. The van der Waals surface area contributed by atoms with Gasteiger partial charge in [0.05, 0.1) is 46.7 Å². The predicted molar refractivity (Wildman–Crippen MR) is 152 cm³/mol. The number of hydrogen-bond donors (Lipinski definition) is 2. The van der Waals surface area contributed by atoms with Crippen molar-refractivity contribution in [2.45, 2.75) is 25.9 Å². The Kier molecular flexibility index (Phi) is 7.26. The molecule has 5 heterocycles. The zero-order valence-corrected chi connectivity index (χ0v) is 22.6. The Morgan fingerprint density at radius 3 is 2.90 bits per heavy atom. The van der Waals surface area contributed by atoms with Crippen molar-refractivity contribution in [1.29, 1.82) is 0 Å². The van der Waals surface area contributed by atoms with E-state index in [0.29, 0.717) is 0 Å². The molecule has 2 saturated heterocycles. The topological polar surface area (TPSA) is 99.3 Å². The number of carbonyl (C=O) groups is 1. The van der Waals surface area contributed by atoms with E-state index in [1.807, 2.05) is 37.4 Å². The first-order valence-electron chi connectivity index (χ1n) is 13.7. The zero-order chi connectivity index (χ0) is 26.8. The molecule has 0 radical (unpaired) electrons. The van der Waals surface area contributed by atoms with E-state index in [4.69, 9.17) is 4.74 Å². The highest BCUT2D eigenvalue weighted by molar-refractivity contribution is 5.88. The van der Waals surface area contributed by atoms with E-state index in [1.54, 1.807) is 6.33 Å². The molecular weight excluding hydrogens is 490 g/mol. The van der Waals surface area contributed by atoms with Crippen molar-refractivity contribution in [3.63, 3.8) is 0 Å². The van der Waals surface area contributed by atoms with Gasteiger partial charge in [-0.3, -0.25) is 14.8 Å². The first-order valence-corrected chi connectivity index (χ1v) is 13.7. The van der Waals surface area contributed by atoms with Gasteiger partial charge in [-0.15, -0.1) is 0 Å². The second-order valence-electron chi connectivity index (χ2n) is 10.7. The van der Waals surface area contributed by atoms with Gasteiger partial charge < -0.3 is 24.8 Å². The van der Waals surface area contributed by atoms with Crippen molar-refractivity contribution >= 4 is 22.6 Å². The molecule has 0 amide bonds. The van der Waals surface area contributed by atoms with Crippen LogP contribution in [0.5, 0.6) is 0 Å².